The van der Waals surface area contributed by atoms with Gasteiger partial charge in [-0.05, 0) is 42.3 Å². The number of hydrogen-bond acceptors (Lipinski definition) is 4. The molecular formula is C15H15NO4. The molecule has 5 nitrogen and oxygen atoms in total. The van der Waals surface area contributed by atoms with Crippen molar-refractivity contribution in [3.05, 3.63) is 69.8 Å². The second-order valence-corrected chi connectivity index (χ2v) is 4.60. The number of hydrogen-bond donors (Lipinski definition) is 1. The van der Waals surface area contributed by atoms with Crippen molar-refractivity contribution >= 4 is 5.69 Å². The Kier molecular flexibility index (Phi) is 3.72. The Labute approximate surface area is 116 Å². The van der Waals surface area contributed by atoms with Crippen LogP contribution in [0.5, 0.6) is 5.75 Å². The first-order valence-corrected chi connectivity index (χ1v) is 6.07. The molecule has 2 aromatic carbocycles. The van der Waals surface area contributed by atoms with E-state index in [0.717, 1.165) is 0 Å². The smallest absolute Gasteiger partial charge is 0.269 e. The van der Waals surface area contributed by atoms with E-state index in [1.165, 1.54) is 12.1 Å². The number of nitro groups is 1. The molecule has 0 aliphatic heterocycles. The number of nitrogens with zero attached hydrogens (tertiary/aromatic N) is 1. The summed E-state index contributed by atoms with van der Waals surface area (Å²) in [7, 11) is 1.57. The standard InChI is InChI=1S/C15H15NO4/c1-15(17,12-5-9-14(20-2)10-6-12)11-3-7-13(8-4-11)16(18)19/h3-10,17H,1-2H3. The summed E-state index contributed by atoms with van der Waals surface area (Å²) in [5, 5.41) is 21.3. The summed E-state index contributed by atoms with van der Waals surface area (Å²) < 4.78 is 5.07. The molecule has 0 aliphatic carbocycles. The molecule has 0 saturated carbocycles. The lowest BCUT2D eigenvalue weighted by Crippen LogP contribution is -2.22. The third kappa shape index (κ3) is 2.62. The Morgan fingerprint density at radius 3 is 1.90 bits per heavy atom. The first-order chi connectivity index (χ1) is 9.45. The molecule has 0 aromatic heterocycles. The fourth-order valence-electron chi connectivity index (χ4n) is 1.99. The quantitative estimate of drug-likeness (QED) is 0.686. The van der Waals surface area contributed by atoms with E-state index in [0.29, 0.717) is 16.9 Å². The van der Waals surface area contributed by atoms with Gasteiger partial charge in [-0.3, -0.25) is 10.1 Å². The molecule has 2 aromatic rings. The molecule has 5 heteroatoms. The van der Waals surface area contributed by atoms with E-state index in [-0.39, 0.29) is 5.69 Å². The highest BCUT2D eigenvalue weighted by Crippen LogP contribution is 2.31. The van der Waals surface area contributed by atoms with Gasteiger partial charge < -0.3 is 9.84 Å². The number of methoxy groups -OCH3 is 1. The van der Waals surface area contributed by atoms with E-state index >= 15 is 0 Å². The number of rotatable bonds is 4. The van der Waals surface area contributed by atoms with Crippen LogP contribution >= 0.6 is 0 Å². The number of aliphatic hydroxyl groups is 1. The van der Waals surface area contributed by atoms with Gasteiger partial charge in [-0.15, -0.1) is 0 Å². The lowest BCUT2D eigenvalue weighted by molar-refractivity contribution is -0.384. The predicted molar refractivity (Wildman–Crippen MR) is 74.8 cm³/mol. The van der Waals surface area contributed by atoms with E-state index < -0.39 is 10.5 Å². The molecule has 20 heavy (non-hydrogen) atoms. The summed E-state index contributed by atoms with van der Waals surface area (Å²) in [6.45, 7) is 1.65. The van der Waals surface area contributed by atoms with Gasteiger partial charge in [0.1, 0.15) is 11.4 Å². The summed E-state index contributed by atoms with van der Waals surface area (Å²) >= 11 is 0. The first kappa shape index (κ1) is 14.0. The van der Waals surface area contributed by atoms with Crippen LogP contribution < -0.4 is 4.74 Å². The van der Waals surface area contributed by atoms with Crippen LogP contribution in [0.25, 0.3) is 0 Å². The average Bonchev–Trinajstić information content (AvgIpc) is 2.47. The van der Waals surface area contributed by atoms with Crippen LogP contribution in [-0.4, -0.2) is 17.1 Å². The largest absolute Gasteiger partial charge is 0.497 e. The number of benzene rings is 2. The Hall–Kier alpha value is -2.40. The zero-order valence-corrected chi connectivity index (χ0v) is 11.2. The van der Waals surface area contributed by atoms with Gasteiger partial charge in [-0.1, -0.05) is 12.1 Å². The normalized spacial score (nSPS) is 13.6. The van der Waals surface area contributed by atoms with Crippen molar-refractivity contribution in [2.45, 2.75) is 12.5 Å². The number of nitro benzene ring substituents is 1. The van der Waals surface area contributed by atoms with Gasteiger partial charge in [0.2, 0.25) is 0 Å². The Bertz CT molecular complexity index is 603. The van der Waals surface area contributed by atoms with Crippen molar-refractivity contribution in [1.29, 1.82) is 0 Å². The van der Waals surface area contributed by atoms with E-state index in [2.05, 4.69) is 0 Å². The van der Waals surface area contributed by atoms with Gasteiger partial charge in [-0.25, -0.2) is 0 Å². The first-order valence-electron chi connectivity index (χ1n) is 6.07. The maximum absolute atomic E-state index is 10.6. The van der Waals surface area contributed by atoms with E-state index in [4.69, 9.17) is 4.74 Å². The summed E-state index contributed by atoms with van der Waals surface area (Å²) in [6, 6.07) is 12.9. The van der Waals surface area contributed by atoms with Crippen LogP contribution in [0, 0.1) is 10.1 Å². The van der Waals surface area contributed by atoms with Gasteiger partial charge in [0.05, 0.1) is 12.0 Å². The average molecular weight is 273 g/mol. The fourth-order valence-corrected chi connectivity index (χ4v) is 1.99. The predicted octanol–water partition coefficient (Wildman–Crippen LogP) is 2.86. The molecular weight excluding hydrogens is 258 g/mol. The molecule has 0 radical (unpaired) electrons. The second-order valence-electron chi connectivity index (χ2n) is 4.60. The lowest BCUT2D eigenvalue weighted by Gasteiger charge is -2.24. The number of non-ortho nitro benzene ring substituents is 1. The summed E-state index contributed by atoms with van der Waals surface area (Å²) in [5.41, 5.74) is 0.0567. The van der Waals surface area contributed by atoms with Gasteiger partial charge in [-0.2, -0.15) is 0 Å². The summed E-state index contributed by atoms with van der Waals surface area (Å²) in [4.78, 5) is 10.2. The minimum Gasteiger partial charge on any atom is -0.497 e. The monoisotopic (exact) mass is 273 g/mol. The van der Waals surface area contributed by atoms with Crippen molar-refractivity contribution in [2.75, 3.05) is 7.11 Å². The minimum absolute atomic E-state index is 0.000666. The molecule has 0 heterocycles. The van der Waals surface area contributed by atoms with Gasteiger partial charge in [0, 0.05) is 12.1 Å². The molecule has 1 N–H and O–H groups in total. The molecule has 0 aliphatic rings. The lowest BCUT2D eigenvalue weighted by atomic mass is 9.88. The van der Waals surface area contributed by atoms with Crippen molar-refractivity contribution in [3.63, 3.8) is 0 Å². The van der Waals surface area contributed by atoms with E-state index in [1.807, 2.05) is 0 Å². The maximum atomic E-state index is 10.6. The Morgan fingerprint density at radius 1 is 1.05 bits per heavy atom. The van der Waals surface area contributed by atoms with Crippen LogP contribution in [0.15, 0.2) is 48.5 Å². The minimum atomic E-state index is -1.22. The third-order valence-corrected chi connectivity index (χ3v) is 3.29. The fraction of sp³-hybridized carbons (Fsp3) is 0.200. The van der Waals surface area contributed by atoms with Crippen molar-refractivity contribution in [3.8, 4) is 5.75 Å². The maximum Gasteiger partial charge on any atom is 0.269 e. The highest BCUT2D eigenvalue weighted by atomic mass is 16.6. The van der Waals surface area contributed by atoms with Crippen LogP contribution in [0.2, 0.25) is 0 Å². The van der Waals surface area contributed by atoms with Gasteiger partial charge in [0.15, 0.2) is 0 Å². The van der Waals surface area contributed by atoms with Crippen molar-refractivity contribution < 1.29 is 14.8 Å². The molecule has 0 amide bonds. The topological polar surface area (TPSA) is 72.6 Å². The third-order valence-electron chi connectivity index (χ3n) is 3.29. The Balaban J connectivity index is 2.34. The molecule has 0 spiro atoms. The number of ether oxygens (including phenoxy) is 1. The zero-order valence-electron chi connectivity index (χ0n) is 11.2. The molecule has 1 atom stereocenters. The molecule has 1 unspecified atom stereocenters. The van der Waals surface area contributed by atoms with Gasteiger partial charge in [0.25, 0.3) is 5.69 Å². The molecule has 2 rings (SSSR count). The highest BCUT2D eigenvalue weighted by Gasteiger charge is 2.26. The van der Waals surface area contributed by atoms with E-state index in [1.54, 1.807) is 50.4 Å². The van der Waals surface area contributed by atoms with Crippen molar-refractivity contribution in [2.24, 2.45) is 0 Å². The van der Waals surface area contributed by atoms with Crippen LogP contribution in [0.3, 0.4) is 0 Å². The van der Waals surface area contributed by atoms with E-state index in [9.17, 15) is 15.2 Å². The highest BCUT2D eigenvalue weighted by molar-refractivity contribution is 5.41. The molecule has 0 saturated heterocycles. The zero-order chi connectivity index (χ0) is 14.8. The van der Waals surface area contributed by atoms with Crippen LogP contribution in [0.4, 0.5) is 5.69 Å². The summed E-state index contributed by atoms with van der Waals surface area (Å²) in [5.74, 6) is 0.702. The molecule has 104 valence electrons. The van der Waals surface area contributed by atoms with Gasteiger partial charge >= 0.3 is 0 Å². The van der Waals surface area contributed by atoms with Crippen LogP contribution in [0.1, 0.15) is 18.1 Å². The SMILES string of the molecule is COc1ccc(C(C)(O)c2ccc([N+](=O)[O-])cc2)cc1. The summed E-state index contributed by atoms with van der Waals surface area (Å²) in [6.07, 6.45) is 0. The second kappa shape index (κ2) is 5.30. The molecule has 0 fully saturated rings. The molecule has 0 bridgehead atoms. The Morgan fingerprint density at radius 2 is 1.50 bits per heavy atom. The van der Waals surface area contributed by atoms with Crippen molar-refractivity contribution in [1.82, 2.24) is 0 Å². The van der Waals surface area contributed by atoms with Crippen LogP contribution in [-0.2, 0) is 5.60 Å².